The van der Waals surface area contributed by atoms with Crippen LogP contribution < -0.4 is 0 Å². The number of carbonyl (C=O) groups excluding carboxylic acids is 1. The highest BCUT2D eigenvalue weighted by Gasteiger charge is 2.53. The van der Waals surface area contributed by atoms with Crippen LogP contribution in [0.5, 0.6) is 0 Å². The fourth-order valence-electron chi connectivity index (χ4n) is 0.918. The van der Waals surface area contributed by atoms with Crippen LogP contribution in [-0.2, 0) is 9.53 Å². The van der Waals surface area contributed by atoms with Crippen molar-refractivity contribution >= 4 is 5.97 Å². The highest BCUT2D eigenvalue weighted by atomic mass is 16.6. The molecular weight excluding hydrogens is 168 g/mol. The summed E-state index contributed by atoms with van der Waals surface area (Å²) in [5.41, 5.74) is -1.21. The van der Waals surface area contributed by atoms with Crippen LogP contribution in [0.2, 0.25) is 0 Å². The molecule has 0 saturated heterocycles. The Kier molecular flexibility index (Phi) is 2.41. The molecular formula is C10H18O3. The number of hydrogen-bond donors (Lipinski definition) is 1. The molecule has 0 bridgehead atoms. The van der Waals surface area contributed by atoms with E-state index in [1.807, 2.05) is 20.8 Å². The quantitative estimate of drug-likeness (QED) is 0.679. The van der Waals surface area contributed by atoms with E-state index in [1.54, 1.807) is 6.92 Å². The van der Waals surface area contributed by atoms with E-state index >= 15 is 0 Å². The molecule has 3 heteroatoms. The summed E-state index contributed by atoms with van der Waals surface area (Å²) in [6.07, 6.45) is 1.03. The summed E-state index contributed by atoms with van der Waals surface area (Å²) in [4.78, 5) is 11.5. The normalized spacial score (nSPS) is 32.8. The van der Waals surface area contributed by atoms with E-state index in [0.29, 0.717) is 6.42 Å². The third-order valence-corrected chi connectivity index (χ3v) is 2.82. The van der Waals surface area contributed by atoms with Gasteiger partial charge in [-0.15, -0.1) is 0 Å². The smallest absolute Gasteiger partial charge is 0.311 e. The zero-order valence-corrected chi connectivity index (χ0v) is 8.76. The van der Waals surface area contributed by atoms with E-state index in [0.717, 1.165) is 6.42 Å². The van der Waals surface area contributed by atoms with Gasteiger partial charge in [-0.1, -0.05) is 6.92 Å². The molecule has 0 aliphatic heterocycles. The minimum Gasteiger partial charge on any atom is -0.459 e. The Balaban J connectivity index is 2.43. The maximum atomic E-state index is 11.5. The van der Waals surface area contributed by atoms with Gasteiger partial charge >= 0.3 is 5.97 Å². The predicted molar refractivity (Wildman–Crippen MR) is 49.2 cm³/mol. The van der Waals surface area contributed by atoms with Gasteiger partial charge in [-0.2, -0.15) is 0 Å². The van der Waals surface area contributed by atoms with Gasteiger partial charge in [0.2, 0.25) is 0 Å². The standard InChI is InChI=1S/C10H18O3/c1-5-9(2,3)8(11)13-7-6-10(7,4)12/h7,12H,5-6H2,1-4H3. The molecule has 2 unspecified atom stereocenters. The molecule has 1 fully saturated rings. The number of hydrogen-bond acceptors (Lipinski definition) is 3. The van der Waals surface area contributed by atoms with Crippen molar-refractivity contribution in [2.45, 2.75) is 52.2 Å². The molecule has 0 radical (unpaired) electrons. The van der Waals surface area contributed by atoms with E-state index in [-0.39, 0.29) is 12.1 Å². The van der Waals surface area contributed by atoms with Crippen molar-refractivity contribution in [2.24, 2.45) is 5.41 Å². The highest BCUT2D eigenvalue weighted by Crippen LogP contribution is 2.39. The Morgan fingerprint density at radius 3 is 2.46 bits per heavy atom. The second-order valence-corrected chi connectivity index (χ2v) is 4.69. The van der Waals surface area contributed by atoms with E-state index in [1.165, 1.54) is 0 Å². The lowest BCUT2D eigenvalue weighted by molar-refractivity contribution is -0.157. The summed E-state index contributed by atoms with van der Waals surface area (Å²) in [5.74, 6) is -0.210. The van der Waals surface area contributed by atoms with E-state index in [4.69, 9.17) is 4.74 Å². The summed E-state index contributed by atoms with van der Waals surface area (Å²) in [6.45, 7) is 7.34. The molecule has 2 atom stereocenters. The van der Waals surface area contributed by atoms with Crippen LogP contribution >= 0.6 is 0 Å². The first kappa shape index (κ1) is 10.5. The van der Waals surface area contributed by atoms with Gasteiger partial charge in [-0.25, -0.2) is 0 Å². The summed E-state index contributed by atoms with van der Waals surface area (Å²) in [5, 5.41) is 9.40. The van der Waals surface area contributed by atoms with Crippen molar-refractivity contribution in [1.82, 2.24) is 0 Å². The van der Waals surface area contributed by atoms with Crippen LogP contribution in [0.4, 0.5) is 0 Å². The van der Waals surface area contributed by atoms with Gasteiger partial charge in [0, 0.05) is 6.42 Å². The summed E-state index contributed by atoms with van der Waals surface area (Å²) < 4.78 is 5.14. The summed E-state index contributed by atoms with van der Waals surface area (Å²) in [6, 6.07) is 0. The van der Waals surface area contributed by atoms with Crippen LogP contribution in [0.3, 0.4) is 0 Å². The number of carbonyl (C=O) groups is 1. The Morgan fingerprint density at radius 2 is 2.15 bits per heavy atom. The lowest BCUT2D eigenvalue weighted by atomic mass is 9.91. The molecule has 1 saturated carbocycles. The summed E-state index contributed by atoms with van der Waals surface area (Å²) >= 11 is 0. The molecule has 0 aromatic rings. The average molecular weight is 186 g/mol. The van der Waals surface area contributed by atoms with Gasteiger partial charge in [0.15, 0.2) is 0 Å². The number of esters is 1. The molecule has 1 rings (SSSR count). The number of ether oxygens (including phenoxy) is 1. The maximum Gasteiger partial charge on any atom is 0.311 e. The third kappa shape index (κ3) is 2.21. The van der Waals surface area contributed by atoms with Crippen molar-refractivity contribution in [2.75, 3.05) is 0 Å². The van der Waals surface area contributed by atoms with Crippen molar-refractivity contribution in [3.05, 3.63) is 0 Å². The minimum atomic E-state index is -0.778. The monoisotopic (exact) mass is 186 g/mol. The molecule has 0 aromatic heterocycles. The first-order valence-electron chi connectivity index (χ1n) is 4.73. The topological polar surface area (TPSA) is 46.5 Å². The van der Waals surface area contributed by atoms with Gasteiger partial charge < -0.3 is 9.84 Å². The molecule has 13 heavy (non-hydrogen) atoms. The Hall–Kier alpha value is -0.570. The van der Waals surface area contributed by atoms with E-state index in [2.05, 4.69) is 0 Å². The largest absolute Gasteiger partial charge is 0.459 e. The first-order valence-corrected chi connectivity index (χ1v) is 4.73. The highest BCUT2D eigenvalue weighted by molar-refractivity contribution is 5.76. The molecule has 76 valence electrons. The van der Waals surface area contributed by atoms with Crippen molar-refractivity contribution in [3.63, 3.8) is 0 Å². The Bertz CT molecular complexity index is 218. The molecule has 1 aliphatic carbocycles. The molecule has 0 heterocycles. The zero-order chi connectivity index (χ0) is 10.3. The SMILES string of the molecule is CCC(C)(C)C(=O)OC1CC1(C)O. The fraction of sp³-hybridized carbons (Fsp3) is 0.900. The Morgan fingerprint density at radius 1 is 1.69 bits per heavy atom. The van der Waals surface area contributed by atoms with Crippen LogP contribution in [0.15, 0.2) is 0 Å². The molecule has 1 N–H and O–H groups in total. The van der Waals surface area contributed by atoms with Gasteiger partial charge in [-0.3, -0.25) is 4.79 Å². The summed E-state index contributed by atoms with van der Waals surface area (Å²) in [7, 11) is 0. The van der Waals surface area contributed by atoms with Crippen molar-refractivity contribution in [1.29, 1.82) is 0 Å². The lowest BCUT2D eigenvalue weighted by Crippen LogP contribution is -2.28. The molecule has 1 aliphatic rings. The van der Waals surface area contributed by atoms with Crippen LogP contribution in [0, 0.1) is 5.41 Å². The minimum absolute atomic E-state index is 0.210. The molecule has 3 nitrogen and oxygen atoms in total. The van der Waals surface area contributed by atoms with E-state index < -0.39 is 11.0 Å². The van der Waals surface area contributed by atoms with Gasteiger partial charge in [-0.05, 0) is 27.2 Å². The maximum absolute atomic E-state index is 11.5. The Labute approximate surface area is 79.1 Å². The number of aliphatic hydroxyl groups is 1. The predicted octanol–water partition coefficient (Wildman–Crippen LogP) is 1.49. The fourth-order valence-corrected chi connectivity index (χ4v) is 0.918. The third-order valence-electron chi connectivity index (χ3n) is 2.82. The van der Waals surface area contributed by atoms with Gasteiger partial charge in [0.25, 0.3) is 0 Å². The van der Waals surface area contributed by atoms with Crippen LogP contribution in [0.25, 0.3) is 0 Å². The van der Waals surface area contributed by atoms with Crippen LogP contribution in [0.1, 0.15) is 40.5 Å². The molecule has 0 aromatic carbocycles. The van der Waals surface area contributed by atoms with Crippen molar-refractivity contribution < 1.29 is 14.6 Å². The second-order valence-electron chi connectivity index (χ2n) is 4.69. The zero-order valence-electron chi connectivity index (χ0n) is 8.76. The van der Waals surface area contributed by atoms with Gasteiger partial charge in [0.1, 0.15) is 11.7 Å². The van der Waals surface area contributed by atoms with Crippen molar-refractivity contribution in [3.8, 4) is 0 Å². The molecule has 0 amide bonds. The average Bonchev–Trinajstić information content (AvgIpc) is 2.58. The first-order chi connectivity index (χ1) is 5.79. The molecule has 0 spiro atoms. The lowest BCUT2D eigenvalue weighted by Gasteiger charge is -2.20. The second kappa shape index (κ2) is 2.98. The van der Waals surface area contributed by atoms with E-state index in [9.17, 15) is 9.90 Å². The van der Waals surface area contributed by atoms with Crippen LogP contribution in [-0.4, -0.2) is 22.8 Å². The number of rotatable bonds is 3. The van der Waals surface area contributed by atoms with Gasteiger partial charge in [0.05, 0.1) is 5.41 Å².